The second kappa shape index (κ2) is 19.7. The van der Waals surface area contributed by atoms with E-state index in [1.807, 2.05) is 0 Å². The zero-order valence-corrected chi connectivity index (χ0v) is 34.3. The molecule has 13 nitrogen and oxygen atoms in total. The van der Waals surface area contributed by atoms with Crippen molar-refractivity contribution in [2.24, 2.45) is 0 Å². The Bertz CT molecular complexity index is 1870. The molecule has 3 aromatic rings. The first-order valence-electron chi connectivity index (χ1n) is 19.6. The molecule has 5 rings (SSSR count). The fraction of sp³-hybridized carbons (Fsp3) is 0.512. The van der Waals surface area contributed by atoms with E-state index in [0.29, 0.717) is 37.4 Å². The van der Waals surface area contributed by atoms with Crippen LogP contribution in [-0.2, 0) is 41.3 Å². The molecule has 2 aliphatic heterocycles. The van der Waals surface area contributed by atoms with Crippen molar-refractivity contribution in [3.8, 4) is 0 Å². The smallest absolute Gasteiger partial charge is 0.410 e. The molecule has 3 heterocycles. The summed E-state index contributed by atoms with van der Waals surface area (Å²) in [6.45, 7) is 11.8. The molecule has 0 radical (unpaired) electrons. The maximum atomic E-state index is 15.7. The SMILES string of the molecule is CC(C)(C)OC(=O)N[C@H](C(=O)Cc1cncc(F)c1CC[C@@H]1CN(C(=O)OC(C)(C)C)C[C@@H](COC(=O)N2CCOCC2)O1)C(c1ccc(F)cc1)c1ccc(F)cc1. The second-order valence-corrected chi connectivity index (χ2v) is 16.6. The predicted molar refractivity (Wildman–Crippen MR) is 209 cm³/mol. The van der Waals surface area contributed by atoms with Crippen LogP contribution in [0.4, 0.5) is 27.6 Å². The number of aromatic nitrogens is 1. The van der Waals surface area contributed by atoms with E-state index in [4.69, 9.17) is 23.7 Å². The van der Waals surface area contributed by atoms with Crippen LogP contribution in [0.15, 0.2) is 60.9 Å². The van der Waals surface area contributed by atoms with Crippen LogP contribution in [0.2, 0.25) is 0 Å². The first-order valence-corrected chi connectivity index (χ1v) is 19.6. The summed E-state index contributed by atoms with van der Waals surface area (Å²) in [6, 6.07) is 9.39. The molecule has 3 atom stereocenters. The number of halogens is 3. The van der Waals surface area contributed by atoms with E-state index in [0.717, 1.165) is 6.20 Å². The summed E-state index contributed by atoms with van der Waals surface area (Å²) in [5.74, 6) is -3.24. The average molecular weight is 827 g/mol. The molecule has 320 valence electrons. The van der Waals surface area contributed by atoms with Crippen molar-refractivity contribution in [1.29, 1.82) is 0 Å². The van der Waals surface area contributed by atoms with E-state index in [2.05, 4.69) is 10.3 Å². The fourth-order valence-electron chi connectivity index (χ4n) is 6.89. The van der Waals surface area contributed by atoms with Gasteiger partial charge in [0.2, 0.25) is 0 Å². The van der Waals surface area contributed by atoms with Gasteiger partial charge in [-0.25, -0.2) is 27.6 Å². The molecule has 1 N–H and O–H groups in total. The van der Waals surface area contributed by atoms with Gasteiger partial charge in [-0.15, -0.1) is 0 Å². The molecule has 59 heavy (non-hydrogen) atoms. The fourth-order valence-corrected chi connectivity index (χ4v) is 6.89. The van der Waals surface area contributed by atoms with Crippen molar-refractivity contribution >= 4 is 24.1 Å². The van der Waals surface area contributed by atoms with Crippen molar-refractivity contribution in [2.75, 3.05) is 46.0 Å². The Kier molecular flexibility index (Phi) is 15.0. The normalized spacial score (nSPS) is 17.9. The van der Waals surface area contributed by atoms with Crippen LogP contribution in [0.1, 0.15) is 76.1 Å². The number of benzene rings is 2. The Morgan fingerprint density at radius 2 is 1.37 bits per heavy atom. The van der Waals surface area contributed by atoms with Crippen LogP contribution in [0.25, 0.3) is 0 Å². The van der Waals surface area contributed by atoms with Gasteiger partial charge in [-0.2, -0.15) is 0 Å². The Labute approximate surface area is 342 Å². The summed E-state index contributed by atoms with van der Waals surface area (Å²) in [5, 5.41) is 2.69. The molecule has 2 aliphatic rings. The number of ether oxygens (including phenoxy) is 5. The molecule has 0 unspecified atom stereocenters. The molecule has 1 aromatic heterocycles. The number of amides is 3. The van der Waals surface area contributed by atoms with E-state index < -0.39 is 83.3 Å². The van der Waals surface area contributed by atoms with Gasteiger partial charge in [-0.1, -0.05) is 24.3 Å². The number of morpholine rings is 2. The summed E-state index contributed by atoms with van der Waals surface area (Å²) in [7, 11) is 0. The van der Waals surface area contributed by atoms with Crippen LogP contribution in [0, 0.1) is 17.5 Å². The van der Waals surface area contributed by atoms with Gasteiger partial charge in [-0.3, -0.25) is 9.78 Å². The molecule has 2 fully saturated rings. The summed E-state index contributed by atoms with van der Waals surface area (Å²) in [5.41, 5.74) is -0.426. The molecule has 3 amide bonds. The predicted octanol–water partition coefficient (Wildman–Crippen LogP) is 6.74. The topological polar surface area (TPSA) is 146 Å². The van der Waals surface area contributed by atoms with Crippen LogP contribution in [0.5, 0.6) is 0 Å². The van der Waals surface area contributed by atoms with Gasteiger partial charge in [0.25, 0.3) is 0 Å². The Morgan fingerprint density at radius 1 is 0.797 bits per heavy atom. The van der Waals surface area contributed by atoms with Crippen LogP contribution in [0.3, 0.4) is 0 Å². The van der Waals surface area contributed by atoms with Gasteiger partial charge in [0.1, 0.15) is 47.4 Å². The van der Waals surface area contributed by atoms with Gasteiger partial charge in [0.05, 0.1) is 38.6 Å². The molecule has 2 aromatic carbocycles. The third-order valence-corrected chi connectivity index (χ3v) is 9.53. The molecule has 0 spiro atoms. The minimum absolute atomic E-state index is 0.0492. The number of carbonyl (C=O) groups is 4. The number of nitrogens with one attached hydrogen (secondary N) is 1. The van der Waals surface area contributed by atoms with Crippen LogP contribution >= 0.6 is 0 Å². The van der Waals surface area contributed by atoms with Gasteiger partial charge in [-0.05, 0) is 101 Å². The zero-order valence-electron chi connectivity index (χ0n) is 34.3. The largest absolute Gasteiger partial charge is 0.447 e. The Morgan fingerprint density at radius 3 is 1.95 bits per heavy atom. The Balaban J connectivity index is 1.39. The first-order chi connectivity index (χ1) is 27.8. The number of hydrogen-bond acceptors (Lipinski definition) is 10. The molecular weight excluding hydrogens is 773 g/mol. The summed E-state index contributed by atoms with van der Waals surface area (Å²) < 4.78 is 72.3. The highest BCUT2D eigenvalue weighted by molar-refractivity contribution is 5.91. The Hall–Kier alpha value is -5.22. The highest BCUT2D eigenvalue weighted by Gasteiger charge is 2.37. The van der Waals surface area contributed by atoms with E-state index >= 15 is 4.39 Å². The maximum Gasteiger partial charge on any atom is 0.410 e. The van der Waals surface area contributed by atoms with E-state index in [1.165, 1.54) is 64.5 Å². The van der Waals surface area contributed by atoms with Gasteiger partial charge >= 0.3 is 18.3 Å². The monoisotopic (exact) mass is 826 g/mol. The number of Topliss-reactive ketones (excluding diaryl/α,β-unsaturated/α-hetero) is 1. The summed E-state index contributed by atoms with van der Waals surface area (Å²) in [6.07, 6.45) is -1.15. The van der Waals surface area contributed by atoms with Crippen molar-refractivity contribution < 1.29 is 56.0 Å². The number of alkyl carbamates (subject to hydrolysis) is 1. The molecule has 2 saturated heterocycles. The lowest BCUT2D eigenvalue weighted by Crippen LogP contribution is -2.53. The number of hydrogen-bond donors (Lipinski definition) is 1. The molecule has 0 aliphatic carbocycles. The molecule has 0 saturated carbocycles. The van der Waals surface area contributed by atoms with Gasteiger partial charge in [0, 0.05) is 31.6 Å². The third kappa shape index (κ3) is 13.4. The summed E-state index contributed by atoms with van der Waals surface area (Å²) >= 11 is 0. The minimum atomic E-state index is -1.35. The van der Waals surface area contributed by atoms with Crippen LogP contribution in [-0.4, -0.2) is 114 Å². The standard InChI is InChI=1S/C43H53F3N4O9/c1-42(2,3)58-39(52)48-38(37(27-7-11-30(44)12-8-27)28-9-13-31(45)14-10-28)36(51)21-29-22-47-23-35(46)34(29)16-15-32-24-50(41(54)59-43(4,5)6)25-33(57-32)26-56-40(53)49-17-19-55-20-18-49/h7-14,22-23,32-33,37-38H,15-21,24-26H2,1-6H3,(H,48,52)/t32-,33+,38-/m1/s1. The third-order valence-electron chi connectivity index (χ3n) is 9.53. The first kappa shape index (κ1) is 44.9. The number of ketones is 1. The van der Waals surface area contributed by atoms with E-state index in [9.17, 15) is 28.0 Å². The number of rotatable bonds is 12. The second-order valence-electron chi connectivity index (χ2n) is 16.6. The lowest BCUT2D eigenvalue weighted by Gasteiger charge is -2.38. The van der Waals surface area contributed by atoms with E-state index in [-0.39, 0.29) is 43.7 Å². The molecule has 16 heteroatoms. The van der Waals surface area contributed by atoms with Gasteiger partial charge < -0.3 is 38.8 Å². The van der Waals surface area contributed by atoms with E-state index in [1.54, 1.807) is 41.5 Å². The lowest BCUT2D eigenvalue weighted by atomic mass is 9.81. The van der Waals surface area contributed by atoms with Crippen LogP contribution < -0.4 is 5.32 Å². The highest BCUT2D eigenvalue weighted by atomic mass is 19.1. The average Bonchev–Trinajstić information content (AvgIpc) is 3.16. The van der Waals surface area contributed by atoms with Crippen molar-refractivity contribution in [3.05, 3.63) is 101 Å². The lowest BCUT2D eigenvalue weighted by molar-refractivity contribution is -0.120. The maximum absolute atomic E-state index is 15.7. The number of nitrogens with zero attached hydrogens (tertiary/aromatic N) is 3. The number of pyridine rings is 1. The zero-order chi connectivity index (χ0) is 42.9. The number of carbonyl (C=O) groups excluding carboxylic acids is 4. The summed E-state index contributed by atoms with van der Waals surface area (Å²) in [4.78, 5) is 60.8. The van der Waals surface area contributed by atoms with Crippen molar-refractivity contribution in [2.45, 2.75) is 96.2 Å². The van der Waals surface area contributed by atoms with Crippen molar-refractivity contribution in [1.82, 2.24) is 20.1 Å². The molecular formula is C43H53F3N4O9. The highest BCUT2D eigenvalue weighted by Crippen LogP contribution is 2.31. The van der Waals surface area contributed by atoms with Crippen molar-refractivity contribution in [3.63, 3.8) is 0 Å². The minimum Gasteiger partial charge on any atom is -0.447 e. The quantitative estimate of drug-likeness (QED) is 0.195. The van der Waals surface area contributed by atoms with Gasteiger partial charge in [0.15, 0.2) is 5.78 Å². The molecule has 0 bridgehead atoms.